The van der Waals surface area contributed by atoms with Gasteiger partial charge in [-0.05, 0) is 19.6 Å². The number of ether oxygens (including phenoxy) is 1. The van der Waals surface area contributed by atoms with Crippen molar-refractivity contribution < 1.29 is 14.6 Å². The van der Waals surface area contributed by atoms with Crippen molar-refractivity contribution in [3.63, 3.8) is 0 Å². The second kappa shape index (κ2) is 7.76. The van der Waals surface area contributed by atoms with Crippen LogP contribution in [0, 0.1) is 0 Å². The summed E-state index contributed by atoms with van der Waals surface area (Å²) in [4.78, 5) is 12.1. The van der Waals surface area contributed by atoms with Crippen LogP contribution in [0.3, 0.4) is 0 Å². The van der Waals surface area contributed by atoms with Gasteiger partial charge in [-0.15, -0.1) is 0 Å². The van der Waals surface area contributed by atoms with Gasteiger partial charge in [0, 0.05) is 0 Å². The zero-order valence-corrected chi connectivity index (χ0v) is 9.32. The van der Waals surface area contributed by atoms with E-state index in [1.165, 1.54) is 19.6 Å². The topological polar surface area (TPSA) is 53.1 Å². The molecule has 0 bridgehead atoms. The Morgan fingerprint density at radius 2 is 1.79 bits per heavy atom. The Hall–Kier alpha value is -0.610. The molecule has 0 radical (unpaired) electrons. The maximum absolute atomic E-state index is 9.77. The van der Waals surface area contributed by atoms with Crippen LogP contribution in [-0.4, -0.2) is 48.3 Å². The summed E-state index contributed by atoms with van der Waals surface area (Å²) in [6.07, 6.45) is 0.192. The molecule has 0 unspecified atom stereocenters. The van der Waals surface area contributed by atoms with Crippen LogP contribution < -0.4 is 0 Å². The summed E-state index contributed by atoms with van der Waals surface area (Å²) in [5, 5.41) is 8.04. The van der Waals surface area contributed by atoms with Crippen molar-refractivity contribution in [3.8, 4) is 0 Å². The average molecular weight is 203 g/mol. The first-order valence-corrected chi connectivity index (χ1v) is 5.19. The predicted molar refractivity (Wildman–Crippen MR) is 55.5 cm³/mol. The highest BCUT2D eigenvalue weighted by molar-refractivity contribution is 5.67. The average Bonchev–Trinajstić information content (AvgIpc) is 2.91. The van der Waals surface area contributed by atoms with Gasteiger partial charge in [0.25, 0.3) is 0 Å². The van der Waals surface area contributed by atoms with Gasteiger partial charge in [-0.1, -0.05) is 20.8 Å². The van der Waals surface area contributed by atoms with E-state index in [0.717, 1.165) is 0 Å². The van der Waals surface area contributed by atoms with Gasteiger partial charge in [0.05, 0.1) is 19.1 Å². The molecule has 0 saturated carbocycles. The summed E-state index contributed by atoms with van der Waals surface area (Å²) in [5.41, 5.74) is 0. The highest BCUT2D eigenvalue weighted by atomic mass is 16.6. The van der Waals surface area contributed by atoms with E-state index in [2.05, 4.69) is 30.4 Å². The number of carbonyl (C=O) groups is 1. The van der Waals surface area contributed by atoms with Crippen molar-refractivity contribution in [2.24, 2.45) is 0 Å². The van der Waals surface area contributed by atoms with Gasteiger partial charge in [-0.3, -0.25) is 4.79 Å². The Morgan fingerprint density at radius 1 is 1.36 bits per heavy atom. The number of hydrogen-bond acceptors (Lipinski definition) is 3. The van der Waals surface area contributed by atoms with Crippen LogP contribution in [0.4, 0.5) is 0 Å². The number of carboxylic acid groups (broad SMARTS) is 1. The molecule has 1 saturated heterocycles. The molecule has 84 valence electrons. The molecule has 1 heterocycles. The van der Waals surface area contributed by atoms with E-state index in [4.69, 9.17) is 5.11 Å². The molecule has 4 nitrogen and oxygen atoms in total. The fraction of sp³-hybridized carbons (Fsp3) is 0.900. The Morgan fingerprint density at radius 3 is 1.86 bits per heavy atom. The molecule has 1 fully saturated rings. The van der Waals surface area contributed by atoms with Gasteiger partial charge >= 0.3 is 5.97 Å². The SMILES string of the molecule is CCN(CC)CC.O=C(O)C[C@@H]1CO1. The molecule has 0 amide bonds. The minimum absolute atomic E-state index is 0.0255. The fourth-order valence-corrected chi connectivity index (χ4v) is 1.05. The maximum atomic E-state index is 9.77. The van der Waals surface area contributed by atoms with Gasteiger partial charge < -0.3 is 14.7 Å². The van der Waals surface area contributed by atoms with Gasteiger partial charge in [-0.25, -0.2) is 0 Å². The smallest absolute Gasteiger partial charge is 0.306 e. The number of epoxide rings is 1. The van der Waals surface area contributed by atoms with E-state index in [0.29, 0.717) is 6.61 Å². The molecule has 1 aliphatic heterocycles. The van der Waals surface area contributed by atoms with Crippen molar-refractivity contribution in [2.45, 2.75) is 33.3 Å². The van der Waals surface area contributed by atoms with Gasteiger partial charge in [0.1, 0.15) is 0 Å². The van der Waals surface area contributed by atoms with Crippen LogP contribution in [-0.2, 0) is 9.53 Å². The number of rotatable bonds is 5. The monoisotopic (exact) mass is 203 g/mol. The highest BCUT2D eigenvalue weighted by Gasteiger charge is 2.24. The van der Waals surface area contributed by atoms with E-state index in [1.54, 1.807) is 0 Å². The molecule has 1 atom stereocenters. The zero-order chi connectivity index (χ0) is 11.0. The van der Waals surface area contributed by atoms with E-state index in [9.17, 15) is 4.79 Å². The molecule has 0 aromatic heterocycles. The second-order valence-electron chi connectivity index (χ2n) is 3.17. The van der Waals surface area contributed by atoms with Crippen LogP contribution >= 0.6 is 0 Å². The lowest BCUT2D eigenvalue weighted by molar-refractivity contribution is -0.137. The normalized spacial score (nSPS) is 18.7. The quantitative estimate of drug-likeness (QED) is 0.682. The summed E-state index contributed by atoms with van der Waals surface area (Å²) >= 11 is 0. The number of aliphatic carboxylic acids is 1. The van der Waals surface area contributed by atoms with E-state index < -0.39 is 5.97 Å². The minimum Gasteiger partial charge on any atom is -0.481 e. The van der Waals surface area contributed by atoms with Gasteiger partial charge in [-0.2, -0.15) is 0 Å². The summed E-state index contributed by atoms with van der Waals surface area (Å²) in [6, 6.07) is 0. The Kier molecular flexibility index (Phi) is 7.42. The molecular formula is C10H21NO3. The minimum atomic E-state index is -0.775. The molecule has 0 aromatic carbocycles. The fourth-order valence-electron chi connectivity index (χ4n) is 1.05. The first kappa shape index (κ1) is 13.4. The predicted octanol–water partition coefficient (Wildman–Crippen LogP) is 1.21. The first-order chi connectivity index (χ1) is 6.63. The highest BCUT2D eigenvalue weighted by Crippen LogP contribution is 2.12. The van der Waals surface area contributed by atoms with Crippen LogP contribution in [0.15, 0.2) is 0 Å². The van der Waals surface area contributed by atoms with Gasteiger partial charge in [0.2, 0.25) is 0 Å². The lowest BCUT2D eigenvalue weighted by Crippen LogP contribution is -2.21. The van der Waals surface area contributed by atoms with Crippen LogP contribution in [0.5, 0.6) is 0 Å². The molecule has 0 spiro atoms. The van der Waals surface area contributed by atoms with Crippen molar-refractivity contribution in [1.82, 2.24) is 4.90 Å². The van der Waals surface area contributed by atoms with Gasteiger partial charge in [0.15, 0.2) is 0 Å². The third-order valence-electron chi connectivity index (χ3n) is 2.15. The molecule has 4 heteroatoms. The second-order valence-corrected chi connectivity index (χ2v) is 3.17. The van der Waals surface area contributed by atoms with Crippen LogP contribution in [0.1, 0.15) is 27.2 Å². The number of nitrogens with zero attached hydrogens (tertiary/aromatic N) is 1. The summed E-state index contributed by atoms with van der Waals surface area (Å²) in [5.74, 6) is -0.775. The van der Waals surface area contributed by atoms with E-state index in [1.807, 2.05) is 0 Å². The largest absolute Gasteiger partial charge is 0.481 e. The Labute approximate surface area is 85.9 Å². The van der Waals surface area contributed by atoms with Crippen molar-refractivity contribution in [2.75, 3.05) is 26.2 Å². The molecule has 0 aromatic rings. The third-order valence-corrected chi connectivity index (χ3v) is 2.15. The lowest BCUT2D eigenvalue weighted by atomic mass is 10.3. The maximum Gasteiger partial charge on any atom is 0.306 e. The molecule has 1 N–H and O–H groups in total. The molecular weight excluding hydrogens is 182 g/mol. The van der Waals surface area contributed by atoms with Crippen molar-refractivity contribution in [1.29, 1.82) is 0 Å². The molecule has 1 rings (SSSR count). The number of carboxylic acids is 1. The third kappa shape index (κ3) is 8.01. The van der Waals surface area contributed by atoms with E-state index >= 15 is 0 Å². The zero-order valence-electron chi connectivity index (χ0n) is 9.32. The Balaban J connectivity index is 0.000000241. The first-order valence-electron chi connectivity index (χ1n) is 5.19. The molecule has 1 aliphatic rings. The Bertz CT molecular complexity index is 148. The summed E-state index contributed by atoms with van der Waals surface area (Å²) in [6.45, 7) is 10.8. The lowest BCUT2D eigenvalue weighted by Gasteiger charge is -2.13. The standard InChI is InChI=1S/C6H15N.C4H6O3/c1-4-7(5-2)6-3;5-4(6)1-3-2-7-3/h4-6H2,1-3H3;3H,1-2H2,(H,5,6)/t;3-/m.1/s1. The number of hydrogen-bond donors (Lipinski definition) is 1. The van der Waals surface area contributed by atoms with Crippen LogP contribution in [0.2, 0.25) is 0 Å². The van der Waals surface area contributed by atoms with E-state index in [-0.39, 0.29) is 12.5 Å². The summed E-state index contributed by atoms with van der Waals surface area (Å²) < 4.78 is 4.64. The van der Waals surface area contributed by atoms with Crippen molar-refractivity contribution >= 4 is 5.97 Å². The molecule has 0 aliphatic carbocycles. The van der Waals surface area contributed by atoms with Crippen LogP contribution in [0.25, 0.3) is 0 Å². The van der Waals surface area contributed by atoms with Crippen molar-refractivity contribution in [3.05, 3.63) is 0 Å². The molecule has 14 heavy (non-hydrogen) atoms. The summed E-state index contributed by atoms with van der Waals surface area (Å²) in [7, 11) is 0.